The average Bonchev–Trinajstić information content (AvgIpc) is 2.33. The molecule has 0 spiro atoms. The molecule has 0 aliphatic rings. The van der Waals surface area contributed by atoms with Crippen molar-refractivity contribution in [3.8, 4) is 0 Å². The Hall–Kier alpha value is -1.78. The van der Waals surface area contributed by atoms with Gasteiger partial charge in [0.25, 0.3) is 0 Å². The number of rotatable bonds is 4. The number of hydrogen-bond donors (Lipinski definition) is 1. The standard InChI is InChI=1S/C14H16F3NO/c1-10(2)12-6-3-11(4-7-12)5-8-13(19)18-9-14(15,16)17/h3-8,10H,9H2,1-2H3,(H,18,19)/b8-5+. The maximum atomic E-state index is 11.9. The van der Waals surface area contributed by atoms with Crippen LogP contribution in [0.15, 0.2) is 30.3 Å². The van der Waals surface area contributed by atoms with Crippen LogP contribution < -0.4 is 5.32 Å². The molecule has 0 aromatic heterocycles. The zero-order chi connectivity index (χ0) is 14.5. The normalized spacial score (nSPS) is 12.1. The quantitative estimate of drug-likeness (QED) is 0.834. The van der Waals surface area contributed by atoms with Crippen molar-refractivity contribution in [1.82, 2.24) is 5.32 Å². The number of amides is 1. The van der Waals surface area contributed by atoms with E-state index in [1.54, 1.807) is 5.32 Å². The lowest BCUT2D eigenvalue weighted by Crippen LogP contribution is -2.32. The summed E-state index contributed by atoms with van der Waals surface area (Å²) >= 11 is 0. The number of nitrogens with one attached hydrogen (secondary N) is 1. The van der Waals surface area contributed by atoms with E-state index in [2.05, 4.69) is 13.8 Å². The third-order valence-electron chi connectivity index (χ3n) is 2.49. The second-order valence-corrected chi connectivity index (χ2v) is 4.49. The Balaban J connectivity index is 2.54. The molecule has 1 aromatic carbocycles. The molecule has 0 fully saturated rings. The topological polar surface area (TPSA) is 29.1 Å². The highest BCUT2D eigenvalue weighted by molar-refractivity contribution is 5.91. The van der Waals surface area contributed by atoms with E-state index in [1.807, 2.05) is 24.3 Å². The average molecular weight is 271 g/mol. The highest BCUT2D eigenvalue weighted by atomic mass is 19.4. The number of carbonyl (C=O) groups is 1. The van der Waals surface area contributed by atoms with Crippen molar-refractivity contribution in [2.75, 3.05) is 6.54 Å². The molecule has 0 saturated heterocycles. The lowest BCUT2D eigenvalue weighted by molar-refractivity contribution is -0.135. The van der Waals surface area contributed by atoms with Gasteiger partial charge in [-0.1, -0.05) is 38.1 Å². The first-order chi connectivity index (χ1) is 8.78. The summed E-state index contributed by atoms with van der Waals surface area (Å²) in [5.41, 5.74) is 1.94. The minimum atomic E-state index is -4.39. The molecular formula is C14H16F3NO. The largest absolute Gasteiger partial charge is 0.405 e. The molecule has 0 aliphatic heterocycles. The van der Waals surface area contributed by atoms with Crippen LogP contribution >= 0.6 is 0 Å². The number of benzene rings is 1. The monoisotopic (exact) mass is 271 g/mol. The van der Waals surface area contributed by atoms with Crippen molar-refractivity contribution in [3.63, 3.8) is 0 Å². The van der Waals surface area contributed by atoms with Gasteiger partial charge in [0.2, 0.25) is 5.91 Å². The van der Waals surface area contributed by atoms with E-state index < -0.39 is 18.6 Å². The Labute approximate surface area is 110 Å². The molecule has 1 aromatic rings. The van der Waals surface area contributed by atoms with E-state index in [-0.39, 0.29) is 0 Å². The van der Waals surface area contributed by atoms with Gasteiger partial charge in [0.05, 0.1) is 0 Å². The fourth-order valence-electron chi connectivity index (χ4n) is 1.41. The molecule has 1 rings (SSSR count). The first-order valence-corrected chi connectivity index (χ1v) is 5.90. The lowest BCUT2D eigenvalue weighted by atomic mass is 10.0. The third-order valence-corrected chi connectivity index (χ3v) is 2.49. The highest BCUT2D eigenvalue weighted by Crippen LogP contribution is 2.15. The van der Waals surface area contributed by atoms with E-state index in [0.717, 1.165) is 11.6 Å². The van der Waals surface area contributed by atoms with Gasteiger partial charge in [-0.3, -0.25) is 4.79 Å². The van der Waals surface area contributed by atoms with E-state index >= 15 is 0 Å². The Morgan fingerprint density at radius 1 is 1.26 bits per heavy atom. The molecule has 1 amide bonds. The van der Waals surface area contributed by atoms with Crippen LogP contribution in [0.1, 0.15) is 30.9 Å². The van der Waals surface area contributed by atoms with E-state index in [4.69, 9.17) is 0 Å². The van der Waals surface area contributed by atoms with Gasteiger partial charge in [-0.05, 0) is 23.1 Å². The van der Waals surface area contributed by atoms with Crippen LogP contribution in [0.2, 0.25) is 0 Å². The maximum Gasteiger partial charge on any atom is 0.405 e. The Morgan fingerprint density at radius 3 is 2.32 bits per heavy atom. The van der Waals surface area contributed by atoms with Crippen molar-refractivity contribution in [2.24, 2.45) is 0 Å². The zero-order valence-corrected chi connectivity index (χ0v) is 10.8. The number of carbonyl (C=O) groups excluding carboxylic acids is 1. The minimum Gasteiger partial charge on any atom is -0.343 e. The minimum absolute atomic E-state index is 0.410. The van der Waals surface area contributed by atoms with Crippen LogP contribution in [0.3, 0.4) is 0 Å². The van der Waals surface area contributed by atoms with Gasteiger partial charge in [-0.15, -0.1) is 0 Å². The third kappa shape index (κ3) is 6.08. The van der Waals surface area contributed by atoms with Gasteiger partial charge >= 0.3 is 6.18 Å². The molecule has 0 aliphatic carbocycles. The SMILES string of the molecule is CC(C)c1ccc(/C=C/C(=O)NCC(F)(F)F)cc1. The fraction of sp³-hybridized carbons (Fsp3) is 0.357. The van der Waals surface area contributed by atoms with Crippen LogP contribution in [0, 0.1) is 0 Å². The fourth-order valence-corrected chi connectivity index (χ4v) is 1.41. The molecule has 1 N–H and O–H groups in total. The first kappa shape index (κ1) is 15.3. The van der Waals surface area contributed by atoms with Gasteiger partial charge in [0.1, 0.15) is 6.54 Å². The molecule has 0 radical (unpaired) electrons. The van der Waals surface area contributed by atoms with Crippen molar-refractivity contribution in [1.29, 1.82) is 0 Å². The zero-order valence-electron chi connectivity index (χ0n) is 10.8. The number of halogens is 3. The van der Waals surface area contributed by atoms with Crippen LogP contribution in [0.4, 0.5) is 13.2 Å². The molecule has 19 heavy (non-hydrogen) atoms. The molecule has 104 valence electrons. The summed E-state index contributed by atoms with van der Waals surface area (Å²) in [4.78, 5) is 11.1. The smallest absolute Gasteiger partial charge is 0.343 e. The molecule has 0 heterocycles. The van der Waals surface area contributed by atoms with E-state index in [0.29, 0.717) is 5.92 Å². The van der Waals surface area contributed by atoms with Crippen LogP contribution in [-0.4, -0.2) is 18.6 Å². The Kier molecular flexibility index (Phi) is 5.15. The summed E-state index contributed by atoms with van der Waals surface area (Å²) in [5.74, 6) is -0.349. The second kappa shape index (κ2) is 6.41. The van der Waals surface area contributed by atoms with Crippen molar-refractivity contribution in [2.45, 2.75) is 25.9 Å². The van der Waals surface area contributed by atoms with Crippen molar-refractivity contribution < 1.29 is 18.0 Å². The number of alkyl halides is 3. The predicted octanol–water partition coefficient (Wildman–Crippen LogP) is 3.50. The Bertz CT molecular complexity index is 447. The van der Waals surface area contributed by atoms with Gasteiger partial charge < -0.3 is 5.32 Å². The Morgan fingerprint density at radius 2 is 1.84 bits per heavy atom. The second-order valence-electron chi connectivity index (χ2n) is 4.49. The lowest BCUT2D eigenvalue weighted by Gasteiger charge is -2.06. The summed E-state index contributed by atoms with van der Waals surface area (Å²) in [6.07, 6.45) is -1.81. The van der Waals surface area contributed by atoms with Crippen molar-refractivity contribution in [3.05, 3.63) is 41.5 Å². The molecule has 0 atom stereocenters. The molecule has 0 unspecified atom stereocenters. The molecule has 0 saturated carbocycles. The maximum absolute atomic E-state index is 11.9. The molecule has 0 bridgehead atoms. The van der Waals surface area contributed by atoms with E-state index in [1.165, 1.54) is 11.6 Å². The first-order valence-electron chi connectivity index (χ1n) is 5.90. The van der Waals surface area contributed by atoms with Gasteiger partial charge in [0.15, 0.2) is 0 Å². The highest BCUT2D eigenvalue weighted by Gasteiger charge is 2.27. The summed E-state index contributed by atoms with van der Waals surface area (Å²) in [5, 5.41) is 1.77. The van der Waals surface area contributed by atoms with E-state index in [9.17, 15) is 18.0 Å². The summed E-state index contributed by atoms with van der Waals surface area (Å²) in [6.45, 7) is 2.81. The number of hydrogen-bond acceptors (Lipinski definition) is 1. The molecule has 2 nitrogen and oxygen atoms in total. The molecular weight excluding hydrogens is 255 g/mol. The summed E-state index contributed by atoms with van der Waals surface area (Å²) < 4.78 is 35.6. The van der Waals surface area contributed by atoms with Crippen LogP contribution in [0.5, 0.6) is 0 Å². The predicted molar refractivity (Wildman–Crippen MR) is 68.6 cm³/mol. The van der Waals surface area contributed by atoms with Gasteiger partial charge in [-0.2, -0.15) is 13.2 Å². The van der Waals surface area contributed by atoms with Gasteiger partial charge in [0, 0.05) is 6.08 Å². The summed E-state index contributed by atoms with van der Waals surface area (Å²) in [7, 11) is 0. The van der Waals surface area contributed by atoms with Crippen LogP contribution in [0.25, 0.3) is 6.08 Å². The van der Waals surface area contributed by atoms with Crippen molar-refractivity contribution >= 4 is 12.0 Å². The van der Waals surface area contributed by atoms with Crippen LogP contribution in [-0.2, 0) is 4.79 Å². The summed E-state index contributed by atoms with van der Waals surface area (Å²) in [6, 6.07) is 7.50. The molecule has 5 heteroatoms. The van der Waals surface area contributed by atoms with Gasteiger partial charge in [-0.25, -0.2) is 0 Å².